The summed E-state index contributed by atoms with van der Waals surface area (Å²) < 4.78 is 6.71. The van der Waals surface area contributed by atoms with Crippen LogP contribution in [0.2, 0.25) is 0 Å². The van der Waals surface area contributed by atoms with Crippen LogP contribution < -0.4 is 5.32 Å². The van der Waals surface area contributed by atoms with E-state index >= 15 is 0 Å². The molecule has 0 fully saturated rings. The molecule has 1 unspecified atom stereocenters. The van der Waals surface area contributed by atoms with Crippen LogP contribution in [0.15, 0.2) is 41.8 Å². The van der Waals surface area contributed by atoms with Gasteiger partial charge in [-0.25, -0.2) is 4.98 Å². The van der Waals surface area contributed by atoms with Gasteiger partial charge in [-0.1, -0.05) is 18.2 Å². The van der Waals surface area contributed by atoms with Gasteiger partial charge in [0.15, 0.2) is 0 Å². The zero-order valence-corrected chi connectivity index (χ0v) is 16.8. The molecule has 1 amide bonds. The van der Waals surface area contributed by atoms with Gasteiger partial charge in [0.2, 0.25) is 5.91 Å². The van der Waals surface area contributed by atoms with Crippen molar-refractivity contribution in [1.82, 2.24) is 14.9 Å². The molecule has 0 spiro atoms. The van der Waals surface area contributed by atoms with Gasteiger partial charge >= 0.3 is 5.97 Å². The predicted octanol–water partition coefficient (Wildman–Crippen LogP) is 3.38. The summed E-state index contributed by atoms with van der Waals surface area (Å²) in [4.78, 5) is 30.1. The number of nitrogens with zero attached hydrogens (tertiary/aromatic N) is 2. The minimum atomic E-state index is -0.399. The van der Waals surface area contributed by atoms with E-state index in [2.05, 4.69) is 10.3 Å². The molecule has 1 N–H and O–H groups in total. The van der Waals surface area contributed by atoms with Gasteiger partial charge in [-0.2, -0.15) is 11.8 Å². The molecule has 3 rings (SSSR count). The smallest absolute Gasteiger partial charge is 0.307 e. The first-order chi connectivity index (χ1) is 13.1. The fraction of sp³-hybridized carbons (Fsp3) is 0.316. The number of thiophene rings is 1. The van der Waals surface area contributed by atoms with E-state index in [9.17, 15) is 9.59 Å². The number of rotatable bonds is 8. The molecule has 0 aliphatic rings. The highest BCUT2D eigenvalue weighted by molar-refractivity contribution is 7.97. The number of nitrogens with one attached hydrogen (secondary N) is 1. The van der Waals surface area contributed by atoms with Crippen LogP contribution in [0.4, 0.5) is 0 Å². The summed E-state index contributed by atoms with van der Waals surface area (Å²) in [6.45, 7) is 0.152. The van der Waals surface area contributed by atoms with Gasteiger partial charge < -0.3 is 14.6 Å². The van der Waals surface area contributed by atoms with Crippen molar-refractivity contribution in [3.8, 4) is 0 Å². The molecule has 3 aromatic rings. The molecule has 0 saturated heterocycles. The van der Waals surface area contributed by atoms with Crippen LogP contribution in [0.25, 0.3) is 11.0 Å². The molecule has 0 bridgehead atoms. The average Bonchev–Trinajstić information content (AvgIpc) is 3.30. The zero-order chi connectivity index (χ0) is 19.2. The number of imidazole rings is 1. The van der Waals surface area contributed by atoms with Crippen molar-refractivity contribution in [3.63, 3.8) is 0 Å². The van der Waals surface area contributed by atoms with Gasteiger partial charge in [-0.3, -0.25) is 9.59 Å². The van der Waals surface area contributed by atoms with Crippen LogP contribution >= 0.6 is 23.1 Å². The summed E-state index contributed by atoms with van der Waals surface area (Å²) >= 11 is 3.16. The minimum Gasteiger partial charge on any atom is -0.469 e. The molecular weight excluding hydrogens is 382 g/mol. The number of carbonyl (C=O) groups is 2. The van der Waals surface area contributed by atoms with Crippen LogP contribution in [0.3, 0.4) is 0 Å². The molecule has 8 heteroatoms. The number of methoxy groups -OCH3 is 1. The Hall–Kier alpha value is -2.32. The SMILES string of the molecule is COC(=O)CC(NC(=O)Cn1c(CSC)nc2ccccc21)c1cccs1. The van der Waals surface area contributed by atoms with Crippen molar-refractivity contribution in [2.24, 2.45) is 0 Å². The van der Waals surface area contributed by atoms with Gasteiger partial charge in [-0.15, -0.1) is 11.3 Å². The quantitative estimate of drug-likeness (QED) is 0.584. The molecule has 0 aliphatic heterocycles. The van der Waals surface area contributed by atoms with Crippen LogP contribution in [0.5, 0.6) is 0 Å². The van der Waals surface area contributed by atoms with E-state index in [1.165, 1.54) is 18.4 Å². The summed E-state index contributed by atoms with van der Waals surface area (Å²) in [5, 5.41) is 4.89. The van der Waals surface area contributed by atoms with Crippen molar-refractivity contribution >= 4 is 46.0 Å². The Morgan fingerprint density at radius 1 is 1.30 bits per heavy atom. The standard InChI is InChI=1S/C19H21N3O3S2/c1-25-19(24)10-14(16-8-5-9-27-16)21-18(23)11-22-15-7-4-3-6-13(15)20-17(22)12-26-2/h3-9,14H,10-12H2,1-2H3,(H,21,23). The number of amides is 1. The third-order valence-corrected chi connectivity index (χ3v) is 5.66. The number of thioether (sulfide) groups is 1. The van der Waals surface area contributed by atoms with Gasteiger partial charge in [0.1, 0.15) is 12.4 Å². The normalized spacial score (nSPS) is 12.1. The highest BCUT2D eigenvalue weighted by Crippen LogP contribution is 2.23. The maximum Gasteiger partial charge on any atom is 0.307 e. The third kappa shape index (κ3) is 4.70. The second kappa shape index (κ2) is 9.05. The lowest BCUT2D eigenvalue weighted by Crippen LogP contribution is -2.33. The van der Waals surface area contributed by atoms with Crippen LogP contribution in [0.1, 0.15) is 23.2 Å². The Kier molecular flexibility index (Phi) is 6.52. The predicted molar refractivity (Wildman–Crippen MR) is 109 cm³/mol. The number of fused-ring (bicyclic) bond motifs is 1. The highest BCUT2D eigenvalue weighted by Gasteiger charge is 2.21. The first kappa shape index (κ1) is 19.4. The van der Waals surface area contributed by atoms with E-state index < -0.39 is 6.04 Å². The zero-order valence-electron chi connectivity index (χ0n) is 15.2. The number of ether oxygens (including phenoxy) is 1. The highest BCUT2D eigenvalue weighted by atomic mass is 32.2. The van der Waals surface area contributed by atoms with Crippen LogP contribution in [0, 0.1) is 0 Å². The van der Waals surface area contributed by atoms with Crippen molar-refractivity contribution in [3.05, 3.63) is 52.5 Å². The van der Waals surface area contributed by atoms with Gasteiger partial charge in [0, 0.05) is 4.88 Å². The van der Waals surface area contributed by atoms with E-state index in [-0.39, 0.29) is 24.8 Å². The van der Waals surface area contributed by atoms with Crippen molar-refractivity contribution in [2.45, 2.75) is 24.8 Å². The molecule has 1 aromatic carbocycles. The number of aromatic nitrogens is 2. The second-order valence-electron chi connectivity index (χ2n) is 5.95. The number of esters is 1. The lowest BCUT2D eigenvalue weighted by molar-refractivity contribution is -0.141. The molecule has 6 nitrogen and oxygen atoms in total. The number of carbonyl (C=O) groups excluding carboxylic acids is 2. The molecule has 2 heterocycles. The summed E-state index contributed by atoms with van der Waals surface area (Å²) in [6.07, 6.45) is 2.11. The maximum atomic E-state index is 12.8. The fourth-order valence-corrected chi connectivity index (χ4v) is 4.14. The number of hydrogen-bond donors (Lipinski definition) is 1. The van der Waals surface area contributed by atoms with Crippen molar-refractivity contribution in [1.29, 1.82) is 0 Å². The van der Waals surface area contributed by atoms with E-state index in [1.807, 2.05) is 52.6 Å². The Morgan fingerprint density at radius 3 is 2.81 bits per heavy atom. The minimum absolute atomic E-state index is 0.102. The Labute approximate surface area is 165 Å². The summed E-state index contributed by atoms with van der Waals surface area (Å²) in [5.41, 5.74) is 1.80. The molecule has 27 heavy (non-hydrogen) atoms. The molecule has 0 aliphatic carbocycles. The van der Waals surface area contributed by atoms with E-state index in [1.54, 1.807) is 11.8 Å². The second-order valence-corrected chi connectivity index (χ2v) is 7.80. The first-order valence-electron chi connectivity index (χ1n) is 8.45. The molecule has 142 valence electrons. The Morgan fingerprint density at radius 2 is 2.11 bits per heavy atom. The fourth-order valence-electron chi connectivity index (χ4n) is 2.89. The Balaban J connectivity index is 1.80. The van der Waals surface area contributed by atoms with Crippen molar-refractivity contribution in [2.75, 3.05) is 13.4 Å². The third-order valence-electron chi connectivity index (χ3n) is 4.13. The number of benzene rings is 1. The Bertz CT molecular complexity index is 922. The monoisotopic (exact) mass is 403 g/mol. The largest absolute Gasteiger partial charge is 0.469 e. The average molecular weight is 404 g/mol. The molecule has 0 saturated carbocycles. The van der Waals surface area contributed by atoms with E-state index in [4.69, 9.17) is 4.74 Å². The number of hydrogen-bond acceptors (Lipinski definition) is 6. The molecule has 1 atom stereocenters. The first-order valence-corrected chi connectivity index (χ1v) is 10.7. The summed E-state index contributed by atoms with van der Waals surface area (Å²) in [6, 6.07) is 11.2. The molecule has 2 aromatic heterocycles. The van der Waals surface area contributed by atoms with E-state index in [0.717, 1.165) is 27.5 Å². The van der Waals surface area contributed by atoms with Gasteiger partial charge in [0.25, 0.3) is 0 Å². The lowest BCUT2D eigenvalue weighted by Gasteiger charge is -2.17. The van der Waals surface area contributed by atoms with Crippen molar-refractivity contribution < 1.29 is 14.3 Å². The molecular formula is C19H21N3O3S2. The summed E-state index contributed by atoms with van der Waals surface area (Å²) in [7, 11) is 1.35. The lowest BCUT2D eigenvalue weighted by atomic mass is 10.1. The topological polar surface area (TPSA) is 73.2 Å². The van der Waals surface area contributed by atoms with Crippen LogP contribution in [-0.4, -0.2) is 34.8 Å². The van der Waals surface area contributed by atoms with Gasteiger partial charge in [-0.05, 0) is 29.8 Å². The van der Waals surface area contributed by atoms with Gasteiger partial charge in [0.05, 0.1) is 36.4 Å². The van der Waals surface area contributed by atoms with E-state index in [0.29, 0.717) is 0 Å². The maximum absolute atomic E-state index is 12.8. The molecule has 0 radical (unpaired) electrons. The summed E-state index contributed by atoms with van der Waals surface area (Å²) in [5.74, 6) is 1.06. The number of para-hydroxylation sites is 2. The van der Waals surface area contributed by atoms with Crippen LogP contribution in [-0.2, 0) is 26.6 Å².